The third-order valence-corrected chi connectivity index (χ3v) is 15.1. The van der Waals surface area contributed by atoms with E-state index < -0.39 is 6.10 Å². The van der Waals surface area contributed by atoms with Gasteiger partial charge in [-0.2, -0.15) is 0 Å². The average Bonchev–Trinajstić information content (AvgIpc) is 3.47. The van der Waals surface area contributed by atoms with Crippen molar-refractivity contribution in [2.45, 2.75) is 348 Å². The van der Waals surface area contributed by atoms with Crippen molar-refractivity contribution >= 4 is 17.9 Å². The van der Waals surface area contributed by atoms with Crippen LogP contribution in [0.4, 0.5) is 0 Å². The molecule has 1 unspecified atom stereocenters. The molecule has 0 aromatic carbocycles. The van der Waals surface area contributed by atoms with E-state index in [1.807, 2.05) is 0 Å². The first-order chi connectivity index (χ1) is 40.0. The molecule has 1 atom stereocenters. The minimum absolute atomic E-state index is 0.0776. The highest BCUT2D eigenvalue weighted by molar-refractivity contribution is 5.71. The van der Waals surface area contributed by atoms with E-state index in [9.17, 15) is 14.4 Å². The van der Waals surface area contributed by atoms with E-state index >= 15 is 0 Å². The summed E-state index contributed by atoms with van der Waals surface area (Å²) in [6.07, 6.45) is 92.9. The Labute approximate surface area is 502 Å². The van der Waals surface area contributed by atoms with Crippen molar-refractivity contribution in [1.82, 2.24) is 0 Å². The molecule has 0 aliphatic rings. The number of unbranched alkanes of at least 4 members (excludes halogenated alkanes) is 36. The normalized spacial score (nSPS) is 12.7. The van der Waals surface area contributed by atoms with Gasteiger partial charge in [-0.1, -0.05) is 317 Å². The first-order valence-corrected chi connectivity index (χ1v) is 34.7. The number of hydrogen-bond acceptors (Lipinski definition) is 6. The maximum atomic E-state index is 12.9. The van der Waals surface area contributed by atoms with E-state index in [0.29, 0.717) is 19.3 Å². The van der Waals surface area contributed by atoms with Gasteiger partial charge in [0.2, 0.25) is 0 Å². The van der Waals surface area contributed by atoms with E-state index in [0.717, 1.165) is 109 Å². The molecule has 0 bridgehead atoms. The highest BCUT2D eigenvalue weighted by Crippen LogP contribution is 2.17. The fourth-order valence-electron chi connectivity index (χ4n) is 9.89. The van der Waals surface area contributed by atoms with Crippen LogP contribution in [0.1, 0.15) is 342 Å². The van der Waals surface area contributed by atoms with Gasteiger partial charge in [0, 0.05) is 19.3 Å². The van der Waals surface area contributed by atoms with Gasteiger partial charge in [-0.05, 0) is 103 Å². The number of hydrogen-bond donors (Lipinski definition) is 0. The zero-order valence-electron chi connectivity index (χ0n) is 53.5. The van der Waals surface area contributed by atoms with Crippen LogP contribution in [0.3, 0.4) is 0 Å². The zero-order chi connectivity index (χ0) is 58.5. The second-order valence-corrected chi connectivity index (χ2v) is 23.1. The largest absolute Gasteiger partial charge is 0.462 e. The lowest BCUT2D eigenvalue weighted by atomic mass is 10.0. The predicted octanol–water partition coefficient (Wildman–Crippen LogP) is 24.0. The van der Waals surface area contributed by atoms with Crippen LogP contribution in [0.5, 0.6) is 0 Å². The lowest BCUT2D eigenvalue weighted by Crippen LogP contribution is -2.30. The first kappa shape index (κ1) is 77.3. The highest BCUT2D eigenvalue weighted by Gasteiger charge is 2.19. The minimum Gasteiger partial charge on any atom is -0.462 e. The predicted molar refractivity (Wildman–Crippen MR) is 353 cm³/mol. The molecule has 6 heteroatoms. The first-order valence-electron chi connectivity index (χ1n) is 34.7. The molecular weight excluding hydrogens is 997 g/mol. The summed E-state index contributed by atoms with van der Waals surface area (Å²) in [6, 6.07) is 0. The number of carbonyl (C=O) groups excluding carboxylic acids is 3. The summed E-state index contributed by atoms with van der Waals surface area (Å²) in [5.74, 6) is -0.873. The van der Waals surface area contributed by atoms with E-state index in [1.54, 1.807) is 0 Å². The molecule has 0 aliphatic heterocycles. The Morgan fingerprint density at radius 1 is 0.259 bits per heavy atom. The quantitative estimate of drug-likeness (QED) is 0.0261. The molecule has 0 radical (unpaired) electrons. The van der Waals surface area contributed by atoms with Crippen molar-refractivity contribution in [2.24, 2.45) is 0 Å². The van der Waals surface area contributed by atoms with Gasteiger partial charge in [0.1, 0.15) is 13.2 Å². The maximum Gasteiger partial charge on any atom is 0.306 e. The molecule has 0 aromatic heterocycles. The van der Waals surface area contributed by atoms with Gasteiger partial charge in [-0.3, -0.25) is 14.4 Å². The molecule has 0 rings (SSSR count). The Hall–Kier alpha value is -3.67. The Morgan fingerprint density at radius 3 is 0.790 bits per heavy atom. The summed E-state index contributed by atoms with van der Waals surface area (Å²) in [4.78, 5) is 38.3. The molecule has 6 nitrogen and oxygen atoms in total. The summed E-state index contributed by atoms with van der Waals surface area (Å²) in [6.45, 7) is 6.53. The van der Waals surface area contributed by atoms with Crippen molar-refractivity contribution in [3.63, 3.8) is 0 Å². The van der Waals surface area contributed by atoms with Crippen molar-refractivity contribution in [1.29, 1.82) is 0 Å². The van der Waals surface area contributed by atoms with Gasteiger partial charge >= 0.3 is 17.9 Å². The fraction of sp³-hybridized carbons (Fsp3) is 0.747. The summed E-state index contributed by atoms with van der Waals surface area (Å²) < 4.78 is 16.9. The van der Waals surface area contributed by atoms with E-state index in [1.165, 1.54) is 193 Å². The zero-order valence-corrected chi connectivity index (χ0v) is 53.5. The van der Waals surface area contributed by atoms with Crippen LogP contribution in [0.2, 0.25) is 0 Å². The van der Waals surface area contributed by atoms with Crippen LogP contribution in [-0.2, 0) is 28.6 Å². The maximum absolute atomic E-state index is 12.9. The van der Waals surface area contributed by atoms with Crippen molar-refractivity contribution in [2.75, 3.05) is 13.2 Å². The second kappa shape index (κ2) is 68.8. The van der Waals surface area contributed by atoms with E-state index in [4.69, 9.17) is 14.2 Å². The van der Waals surface area contributed by atoms with Gasteiger partial charge in [0.05, 0.1) is 0 Å². The van der Waals surface area contributed by atoms with Gasteiger partial charge in [-0.15, -0.1) is 0 Å². The van der Waals surface area contributed by atoms with Gasteiger partial charge in [0.25, 0.3) is 0 Å². The van der Waals surface area contributed by atoms with Crippen LogP contribution in [-0.4, -0.2) is 37.2 Å². The van der Waals surface area contributed by atoms with Gasteiger partial charge in [-0.25, -0.2) is 0 Å². The molecule has 0 N–H and O–H groups in total. The number of carbonyl (C=O) groups is 3. The molecular formula is C75H130O6. The van der Waals surface area contributed by atoms with E-state index in [2.05, 4.69) is 118 Å². The lowest BCUT2D eigenvalue weighted by Gasteiger charge is -2.18. The monoisotopic (exact) mass is 1130 g/mol. The number of ether oxygens (including phenoxy) is 3. The SMILES string of the molecule is CC/C=C\C/C=C\C/C=C\C/C=C\C/C=C\C/C=C\C/C=C\CCCCCCCCCCCCCC(=O)OCC(COC(=O)CCCCCCC/C=C\CCCCC)OC(=O)CCCCCCCCCCCCCCCCCCCC. The molecule has 0 heterocycles. The van der Waals surface area contributed by atoms with Crippen molar-refractivity contribution < 1.29 is 28.6 Å². The molecule has 0 spiro atoms. The van der Waals surface area contributed by atoms with Crippen LogP contribution in [0.25, 0.3) is 0 Å². The molecule has 0 saturated carbocycles. The molecule has 81 heavy (non-hydrogen) atoms. The Kier molecular flexibility index (Phi) is 65.7. The topological polar surface area (TPSA) is 78.9 Å². The Bertz CT molecular complexity index is 1580. The standard InChI is InChI=1S/C75H130O6/c1-4-7-10-13-16-19-22-25-27-29-31-32-33-34-35-36-37-38-39-40-41-42-43-44-45-47-48-50-53-56-59-62-65-68-74(77)80-71-72(70-79-73(76)67-64-61-58-55-52-24-21-18-15-12-9-6-3)81-75(78)69-66-63-60-57-54-51-49-46-30-28-26-23-20-17-14-11-8-5-2/h7,10,16,18-19,21,25,27,31-32,34-35,37-38,40-41,72H,4-6,8-9,11-15,17,20,22-24,26,28-30,33,36,39,42-71H2,1-3H3/b10-7-,19-16-,21-18-,27-25-,32-31-,35-34-,38-37-,41-40-. The van der Waals surface area contributed by atoms with Crippen LogP contribution in [0, 0.1) is 0 Å². The lowest BCUT2D eigenvalue weighted by molar-refractivity contribution is -0.167. The summed E-state index contributed by atoms with van der Waals surface area (Å²) >= 11 is 0. The number of esters is 3. The smallest absolute Gasteiger partial charge is 0.306 e. The minimum atomic E-state index is -0.780. The van der Waals surface area contributed by atoms with Crippen molar-refractivity contribution in [3.05, 3.63) is 97.2 Å². The molecule has 466 valence electrons. The Morgan fingerprint density at radius 2 is 0.481 bits per heavy atom. The van der Waals surface area contributed by atoms with Crippen molar-refractivity contribution in [3.8, 4) is 0 Å². The van der Waals surface area contributed by atoms with E-state index in [-0.39, 0.29) is 31.1 Å². The molecule has 0 fully saturated rings. The summed E-state index contributed by atoms with van der Waals surface area (Å²) in [7, 11) is 0. The molecule has 0 amide bonds. The van der Waals surface area contributed by atoms with Crippen LogP contribution >= 0.6 is 0 Å². The molecule has 0 aliphatic carbocycles. The average molecular weight is 1130 g/mol. The highest BCUT2D eigenvalue weighted by atomic mass is 16.6. The number of allylic oxidation sites excluding steroid dienone is 16. The summed E-state index contributed by atoms with van der Waals surface area (Å²) in [5.41, 5.74) is 0. The van der Waals surface area contributed by atoms with Crippen LogP contribution in [0.15, 0.2) is 97.2 Å². The van der Waals surface area contributed by atoms with Gasteiger partial charge < -0.3 is 14.2 Å². The fourth-order valence-corrected chi connectivity index (χ4v) is 9.89. The molecule has 0 aromatic rings. The molecule has 0 saturated heterocycles. The third kappa shape index (κ3) is 67.0. The number of rotatable bonds is 63. The third-order valence-electron chi connectivity index (χ3n) is 15.1. The second-order valence-electron chi connectivity index (χ2n) is 23.1. The summed E-state index contributed by atoms with van der Waals surface area (Å²) in [5, 5.41) is 0. The Balaban J connectivity index is 4.21. The van der Waals surface area contributed by atoms with Crippen LogP contribution < -0.4 is 0 Å². The van der Waals surface area contributed by atoms with Gasteiger partial charge in [0.15, 0.2) is 6.10 Å².